The molecule has 1 unspecified atom stereocenters. The molecule has 6 heteroatoms. The van der Waals surface area contributed by atoms with Crippen molar-refractivity contribution in [2.24, 2.45) is 5.73 Å². The summed E-state index contributed by atoms with van der Waals surface area (Å²) in [6.45, 7) is 7.39. The van der Waals surface area contributed by atoms with Crippen LogP contribution < -0.4 is 5.73 Å². The SMILES string of the molecule is CCC1CN(S(=O)(=O)c2cc(CN)cc(C)c2C)CCO1. The number of nitrogens with zero attached hydrogens (tertiary/aromatic N) is 1. The Labute approximate surface area is 127 Å². The van der Waals surface area contributed by atoms with Gasteiger partial charge in [-0.05, 0) is 43.0 Å². The number of nitrogens with two attached hydrogens (primary N) is 1. The summed E-state index contributed by atoms with van der Waals surface area (Å²) in [4.78, 5) is 0.375. The van der Waals surface area contributed by atoms with Crippen molar-refractivity contribution in [1.29, 1.82) is 0 Å². The molecular formula is C15H24N2O3S. The van der Waals surface area contributed by atoms with E-state index in [-0.39, 0.29) is 6.10 Å². The van der Waals surface area contributed by atoms with Crippen molar-refractivity contribution in [3.8, 4) is 0 Å². The predicted molar refractivity (Wildman–Crippen MR) is 82.6 cm³/mol. The van der Waals surface area contributed by atoms with Gasteiger partial charge in [0.2, 0.25) is 10.0 Å². The lowest BCUT2D eigenvalue weighted by atomic mass is 10.1. The third-order valence-electron chi connectivity index (χ3n) is 4.09. The molecular weight excluding hydrogens is 288 g/mol. The van der Waals surface area contributed by atoms with Crippen LogP contribution in [0.2, 0.25) is 0 Å². The highest BCUT2D eigenvalue weighted by molar-refractivity contribution is 7.89. The van der Waals surface area contributed by atoms with Crippen molar-refractivity contribution in [2.75, 3.05) is 19.7 Å². The molecule has 0 aliphatic carbocycles. The molecule has 0 bridgehead atoms. The van der Waals surface area contributed by atoms with Gasteiger partial charge >= 0.3 is 0 Å². The molecule has 1 aliphatic rings. The molecule has 1 fully saturated rings. The largest absolute Gasteiger partial charge is 0.375 e. The van der Waals surface area contributed by atoms with E-state index < -0.39 is 10.0 Å². The second kappa shape index (κ2) is 6.44. The molecule has 2 rings (SSSR count). The quantitative estimate of drug-likeness (QED) is 0.916. The molecule has 1 saturated heterocycles. The average Bonchev–Trinajstić information content (AvgIpc) is 2.49. The summed E-state index contributed by atoms with van der Waals surface area (Å²) >= 11 is 0. The highest BCUT2D eigenvalue weighted by Gasteiger charge is 2.31. The maximum absolute atomic E-state index is 12.9. The van der Waals surface area contributed by atoms with Crippen LogP contribution in [0.4, 0.5) is 0 Å². The minimum atomic E-state index is -3.49. The fraction of sp³-hybridized carbons (Fsp3) is 0.600. The van der Waals surface area contributed by atoms with Crippen LogP contribution in [0.25, 0.3) is 0 Å². The van der Waals surface area contributed by atoms with Gasteiger partial charge in [0, 0.05) is 19.6 Å². The van der Waals surface area contributed by atoms with Crippen molar-refractivity contribution in [1.82, 2.24) is 4.31 Å². The number of morpholine rings is 1. The summed E-state index contributed by atoms with van der Waals surface area (Å²) in [6, 6.07) is 3.65. The Bertz CT molecular complexity index is 614. The monoisotopic (exact) mass is 312 g/mol. The first-order chi connectivity index (χ1) is 9.90. The lowest BCUT2D eigenvalue weighted by Gasteiger charge is -2.32. The van der Waals surface area contributed by atoms with E-state index in [2.05, 4.69) is 0 Å². The Morgan fingerprint density at radius 2 is 2.10 bits per heavy atom. The third kappa shape index (κ3) is 3.29. The first-order valence-corrected chi connectivity index (χ1v) is 8.76. The van der Waals surface area contributed by atoms with Gasteiger partial charge in [0.15, 0.2) is 0 Å². The molecule has 0 aromatic heterocycles. The van der Waals surface area contributed by atoms with E-state index in [0.29, 0.717) is 31.1 Å². The zero-order valence-electron chi connectivity index (χ0n) is 12.9. The van der Waals surface area contributed by atoms with Crippen LogP contribution in [0.15, 0.2) is 17.0 Å². The summed E-state index contributed by atoms with van der Waals surface area (Å²) in [5.41, 5.74) is 8.27. The van der Waals surface area contributed by atoms with Gasteiger partial charge < -0.3 is 10.5 Å². The molecule has 0 radical (unpaired) electrons. The van der Waals surface area contributed by atoms with E-state index in [1.54, 1.807) is 6.07 Å². The topological polar surface area (TPSA) is 72.6 Å². The Balaban J connectivity index is 2.41. The number of ether oxygens (including phenoxy) is 1. The zero-order valence-corrected chi connectivity index (χ0v) is 13.7. The average molecular weight is 312 g/mol. The minimum absolute atomic E-state index is 0.0207. The van der Waals surface area contributed by atoms with E-state index >= 15 is 0 Å². The Morgan fingerprint density at radius 3 is 2.71 bits per heavy atom. The first kappa shape index (κ1) is 16.4. The smallest absolute Gasteiger partial charge is 0.243 e. The van der Waals surface area contributed by atoms with Crippen LogP contribution in [0, 0.1) is 13.8 Å². The summed E-state index contributed by atoms with van der Waals surface area (Å²) < 4.78 is 32.9. The zero-order chi connectivity index (χ0) is 15.6. The third-order valence-corrected chi connectivity index (χ3v) is 6.08. The summed E-state index contributed by atoms with van der Waals surface area (Å²) in [6.07, 6.45) is 0.792. The molecule has 0 saturated carbocycles. The second-order valence-corrected chi connectivity index (χ2v) is 7.41. The van der Waals surface area contributed by atoms with Gasteiger partial charge in [0.1, 0.15) is 0 Å². The van der Waals surface area contributed by atoms with Crippen molar-refractivity contribution < 1.29 is 13.2 Å². The van der Waals surface area contributed by atoms with Crippen LogP contribution in [0.3, 0.4) is 0 Å². The van der Waals surface area contributed by atoms with Gasteiger partial charge in [-0.15, -0.1) is 0 Å². The van der Waals surface area contributed by atoms with Crippen molar-refractivity contribution in [3.05, 3.63) is 28.8 Å². The number of rotatable bonds is 4. The predicted octanol–water partition coefficient (Wildman–Crippen LogP) is 1.56. The molecule has 0 amide bonds. The van der Waals surface area contributed by atoms with Crippen molar-refractivity contribution in [2.45, 2.75) is 44.7 Å². The van der Waals surface area contributed by atoms with Gasteiger partial charge in [-0.1, -0.05) is 13.0 Å². The molecule has 1 aromatic carbocycles. The molecule has 0 spiro atoms. The van der Waals surface area contributed by atoms with E-state index in [1.807, 2.05) is 26.8 Å². The second-order valence-electron chi connectivity index (χ2n) is 5.50. The maximum atomic E-state index is 12.9. The molecule has 21 heavy (non-hydrogen) atoms. The number of hydrogen-bond donors (Lipinski definition) is 1. The summed E-state index contributed by atoms with van der Waals surface area (Å²) in [5, 5.41) is 0. The van der Waals surface area contributed by atoms with Gasteiger partial charge in [-0.25, -0.2) is 8.42 Å². The van der Waals surface area contributed by atoms with E-state index in [4.69, 9.17) is 10.5 Å². The van der Waals surface area contributed by atoms with Gasteiger partial charge in [-0.2, -0.15) is 4.31 Å². The summed E-state index contributed by atoms with van der Waals surface area (Å²) in [7, 11) is -3.49. The Morgan fingerprint density at radius 1 is 1.38 bits per heavy atom. The number of sulfonamides is 1. The molecule has 2 N–H and O–H groups in total. The highest BCUT2D eigenvalue weighted by atomic mass is 32.2. The summed E-state index contributed by atoms with van der Waals surface area (Å²) in [5.74, 6) is 0. The minimum Gasteiger partial charge on any atom is -0.375 e. The molecule has 118 valence electrons. The number of benzene rings is 1. The molecule has 1 aromatic rings. The van der Waals surface area contributed by atoms with E-state index in [1.165, 1.54) is 4.31 Å². The number of hydrogen-bond acceptors (Lipinski definition) is 4. The van der Waals surface area contributed by atoms with Gasteiger partial charge in [0.05, 0.1) is 17.6 Å². The van der Waals surface area contributed by atoms with Crippen LogP contribution in [0.5, 0.6) is 0 Å². The normalized spacial score (nSPS) is 20.7. The van der Waals surface area contributed by atoms with Crippen LogP contribution >= 0.6 is 0 Å². The first-order valence-electron chi connectivity index (χ1n) is 7.32. The standard InChI is InChI=1S/C15H24N2O3S/c1-4-14-10-17(5-6-20-14)21(18,19)15-8-13(9-16)7-11(2)12(15)3/h7-8,14H,4-6,9-10,16H2,1-3H3. The Kier molecular flexibility index (Phi) is 5.03. The number of aryl methyl sites for hydroxylation is 1. The molecule has 5 nitrogen and oxygen atoms in total. The lowest BCUT2D eigenvalue weighted by Crippen LogP contribution is -2.45. The van der Waals surface area contributed by atoms with Crippen LogP contribution in [0.1, 0.15) is 30.0 Å². The molecule has 1 atom stereocenters. The fourth-order valence-corrected chi connectivity index (χ4v) is 4.39. The Hall–Kier alpha value is -0.950. The van der Waals surface area contributed by atoms with Gasteiger partial charge in [0.25, 0.3) is 0 Å². The molecule has 1 heterocycles. The maximum Gasteiger partial charge on any atom is 0.243 e. The fourth-order valence-electron chi connectivity index (χ4n) is 2.58. The highest BCUT2D eigenvalue weighted by Crippen LogP contribution is 2.26. The van der Waals surface area contributed by atoms with E-state index in [0.717, 1.165) is 23.1 Å². The van der Waals surface area contributed by atoms with Crippen molar-refractivity contribution >= 4 is 10.0 Å². The lowest BCUT2D eigenvalue weighted by molar-refractivity contribution is -0.00279. The van der Waals surface area contributed by atoms with Gasteiger partial charge in [-0.3, -0.25) is 0 Å². The molecule has 1 aliphatic heterocycles. The van der Waals surface area contributed by atoms with Crippen LogP contribution in [-0.4, -0.2) is 38.5 Å². The van der Waals surface area contributed by atoms with Crippen LogP contribution in [-0.2, 0) is 21.3 Å². The van der Waals surface area contributed by atoms with E-state index in [9.17, 15) is 8.42 Å². The van der Waals surface area contributed by atoms with Crippen molar-refractivity contribution in [3.63, 3.8) is 0 Å².